The van der Waals surface area contributed by atoms with E-state index in [0.717, 1.165) is 29.9 Å². The summed E-state index contributed by atoms with van der Waals surface area (Å²) in [5.41, 5.74) is 3.22. The van der Waals surface area contributed by atoms with Gasteiger partial charge < -0.3 is 10.6 Å². The predicted octanol–water partition coefficient (Wildman–Crippen LogP) is 3.59. The van der Waals surface area contributed by atoms with E-state index in [9.17, 15) is 13.2 Å². The van der Waals surface area contributed by atoms with Gasteiger partial charge in [-0.25, -0.2) is 4.99 Å². The number of aromatic nitrogens is 2. The molecule has 0 aliphatic carbocycles. The number of nitrogens with zero attached hydrogens (tertiary/aromatic N) is 3. The second kappa shape index (κ2) is 10.2. The van der Waals surface area contributed by atoms with Crippen LogP contribution in [-0.2, 0) is 19.6 Å². The Morgan fingerprint density at radius 1 is 1.23 bits per heavy atom. The maximum Gasteiger partial charge on any atom is 0.416 e. The number of aliphatic imine (C=N–C) groups is 1. The Bertz CT molecular complexity index is 931. The lowest BCUT2D eigenvalue weighted by Crippen LogP contribution is -2.43. The van der Waals surface area contributed by atoms with Crippen LogP contribution in [0.4, 0.5) is 13.2 Å². The third kappa shape index (κ3) is 6.55. The highest BCUT2D eigenvalue weighted by Crippen LogP contribution is 2.28. The van der Waals surface area contributed by atoms with Gasteiger partial charge in [0.2, 0.25) is 0 Å². The van der Waals surface area contributed by atoms with Gasteiger partial charge in [0.1, 0.15) is 6.54 Å². The van der Waals surface area contributed by atoms with Gasteiger partial charge in [0.25, 0.3) is 0 Å². The number of benzene rings is 1. The van der Waals surface area contributed by atoms with Gasteiger partial charge in [-0.05, 0) is 63.9 Å². The summed E-state index contributed by atoms with van der Waals surface area (Å²) in [6.45, 7) is 9.05. The van der Waals surface area contributed by atoms with E-state index in [0.29, 0.717) is 18.1 Å². The molecule has 0 amide bonds. The van der Waals surface area contributed by atoms with Crippen molar-refractivity contribution in [2.45, 2.75) is 46.3 Å². The standard InChI is InChI=1S/C22H28F3N5/c1-6-26-21(28-15(2)14-20-16(3)29-30(5)17(20)4)27-13-7-8-18-9-11-19(12-10-18)22(23,24)25/h9-12,15H,6,13-14H2,1-5H3,(H2,26,27,28). The van der Waals surface area contributed by atoms with Crippen LogP contribution < -0.4 is 10.6 Å². The van der Waals surface area contributed by atoms with E-state index >= 15 is 0 Å². The molecule has 162 valence electrons. The second-order valence-electron chi connectivity index (χ2n) is 7.09. The van der Waals surface area contributed by atoms with Crippen molar-refractivity contribution < 1.29 is 13.2 Å². The van der Waals surface area contributed by atoms with Gasteiger partial charge in [0.05, 0.1) is 11.3 Å². The van der Waals surface area contributed by atoms with Crippen molar-refractivity contribution in [2.75, 3.05) is 13.1 Å². The number of halogens is 3. The molecule has 8 heteroatoms. The van der Waals surface area contributed by atoms with Crippen molar-refractivity contribution in [1.82, 2.24) is 20.4 Å². The van der Waals surface area contributed by atoms with Gasteiger partial charge >= 0.3 is 6.18 Å². The topological polar surface area (TPSA) is 54.2 Å². The largest absolute Gasteiger partial charge is 0.416 e. The van der Waals surface area contributed by atoms with Gasteiger partial charge in [-0.2, -0.15) is 18.3 Å². The number of hydrogen-bond donors (Lipinski definition) is 2. The average molecular weight is 419 g/mol. The van der Waals surface area contributed by atoms with Crippen LogP contribution in [0.15, 0.2) is 29.3 Å². The van der Waals surface area contributed by atoms with Crippen molar-refractivity contribution in [3.05, 3.63) is 52.3 Å². The summed E-state index contributed by atoms with van der Waals surface area (Å²) in [6.07, 6.45) is -3.53. The van der Waals surface area contributed by atoms with Gasteiger partial charge in [0.15, 0.2) is 5.96 Å². The molecule has 30 heavy (non-hydrogen) atoms. The van der Waals surface area contributed by atoms with Gasteiger partial charge in [0, 0.05) is 30.9 Å². The van der Waals surface area contributed by atoms with Crippen LogP contribution in [-0.4, -0.2) is 34.9 Å². The second-order valence-corrected chi connectivity index (χ2v) is 7.09. The number of guanidine groups is 1. The molecule has 2 N–H and O–H groups in total. The Morgan fingerprint density at radius 2 is 1.90 bits per heavy atom. The molecule has 0 saturated heterocycles. The SMILES string of the molecule is CCNC(=NCC#Cc1ccc(C(F)(F)F)cc1)NC(C)Cc1c(C)nn(C)c1C. The molecule has 0 fully saturated rings. The van der Waals surface area contributed by atoms with Crippen LogP contribution >= 0.6 is 0 Å². The van der Waals surface area contributed by atoms with E-state index in [-0.39, 0.29) is 12.6 Å². The fourth-order valence-electron chi connectivity index (χ4n) is 3.03. The lowest BCUT2D eigenvalue weighted by Gasteiger charge is -2.17. The summed E-state index contributed by atoms with van der Waals surface area (Å²) in [5.74, 6) is 6.37. The van der Waals surface area contributed by atoms with E-state index in [1.54, 1.807) is 0 Å². The van der Waals surface area contributed by atoms with E-state index in [1.807, 2.05) is 25.6 Å². The Labute approximate surface area is 175 Å². The minimum atomic E-state index is -4.34. The molecular weight excluding hydrogens is 391 g/mol. The molecule has 0 aliphatic rings. The fourth-order valence-corrected chi connectivity index (χ4v) is 3.03. The molecule has 0 bridgehead atoms. The lowest BCUT2D eigenvalue weighted by molar-refractivity contribution is -0.137. The summed E-state index contributed by atoms with van der Waals surface area (Å²) in [6, 6.07) is 4.92. The van der Waals surface area contributed by atoms with Gasteiger partial charge in [-0.3, -0.25) is 4.68 Å². The molecule has 1 aromatic heterocycles. The molecule has 5 nitrogen and oxygen atoms in total. The Kier molecular flexibility index (Phi) is 7.93. The zero-order chi connectivity index (χ0) is 22.3. The summed E-state index contributed by atoms with van der Waals surface area (Å²) in [5, 5.41) is 11.0. The number of alkyl halides is 3. The molecule has 0 radical (unpaired) electrons. The van der Waals surface area contributed by atoms with E-state index in [1.165, 1.54) is 17.7 Å². The molecular formula is C22H28F3N5. The van der Waals surface area contributed by atoms with Crippen molar-refractivity contribution in [3.63, 3.8) is 0 Å². The number of aryl methyl sites for hydroxylation is 2. The van der Waals surface area contributed by atoms with Gasteiger partial charge in [-0.15, -0.1) is 0 Å². The van der Waals surface area contributed by atoms with Crippen LogP contribution in [0.1, 0.15) is 41.9 Å². The molecule has 0 saturated carbocycles. The molecule has 2 rings (SSSR count). The quantitative estimate of drug-likeness (QED) is 0.442. The first-order valence-corrected chi connectivity index (χ1v) is 9.81. The van der Waals surface area contributed by atoms with Crippen LogP contribution in [0.25, 0.3) is 0 Å². The van der Waals surface area contributed by atoms with Crippen molar-refractivity contribution in [3.8, 4) is 11.8 Å². The van der Waals surface area contributed by atoms with Crippen molar-refractivity contribution in [2.24, 2.45) is 12.0 Å². The zero-order valence-corrected chi connectivity index (χ0v) is 18.0. The zero-order valence-electron chi connectivity index (χ0n) is 18.0. The minimum absolute atomic E-state index is 0.132. The molecule has 1 unspecified atom stereocenters. The van der Waals surface area contributed by atoms with E-state index in [4.69, 9.17) is 0 Å². The molecule has 0 spiro atoms. The monoisotopic (exact) mass is 419 g/mol. The molecule has 1 heterocycles. The minimum Gasteiger partial charge on any atom is -0.357 e. The Balaban J connectivity index is 1.98. The first kappa shape index (κ1) is 23.3. The number of hydrogen-bond acceptors (Lipinski definition) is 2. The Morgan fingerprint density at radius 3 is 2.43 bits per heavy atom. The third-order valence-electron chi connectivity index (χ3n) is 4.66. The first-order valence-electron chi connectivity index (χ1n) is 9.81. The summed E-state index contributed by atoms with van der Waals surface area (Å²) >= 11 is 0. The predicted molar refractivity (Wildman–Crippen MR) is 113 cm³/mol. The Hall–Kier alpha value is -2.95. The number of nitrogens with one attached hydrogen (secondary N) is 2. The molecule has 2 aromatic rings. The first-order chi connectivity index (χ1) is 14.1. The summed E-state index contributed by atoms with van der Waals surface area (Å²) < 4.78 is 39.7. The smallest absolute Gasteiger partial charge is 0.357 e. The van der Waals surface area contributed by atoms with Crippen LogP contribution in [0, 0.1) is 25.7 Å². The van der Waals surface area contributed by atoms with Crippen LogP contribution in [0.2, 0.25) is 0 Å². The highest BCUT2D eigenvalue weighted by atomic mass is 19.4. The van der Waals surface area contributed by atoms with E-state index in [2.05, 4.69) is 46.4 Å². The van der Waals surface area contributed by atoms with Crippen molar-refractivity contribution in [1.29, 1.82) is 0 Å². The van der Waals surface area contributed by atoms with Gasteiger partial charge in [-0.1, -0.05) is 11.8 Å². The van der Waals surface area contributed by atoms with Crippen molar-refractivity contribution >= 4 is 5.96 Å². The number of rotatable bonds is 5. The highest BCUT2D eigenvalue weighted by molar-refractivity contribution is 5.80. The maximum absolute atomic E-state index is 12.6. The lowest BCUT2D eigenvalue weighted by atomic mass is 10.1. The summed E-state index contributed by atoms with van der Waals surface area (Å²) in [7, 11) is 1.94. The van der Waals surface area contributed by atoms with Crippen LogP contribution in [0.3, 0.4) is 0 Å². The molecule has 1 aromatic carbocycles. The van der Waals surface area contributed by atoms with Crippen LogP contribution in [0.5, 0.6) is 0 Å². The van der Waals surface area contributed by atoms with E-state index < -0.39 is 11.7 Å². The normalized spacial score (nSPS) is 12.9. The fraction of sp³-hybridized carbons (Fsp3) is 0.455. The third-order valence-corrected chi connectivity index (χ3v) is 4.66. The molecule has 1 atom stereocenters. The molecule has 0 aliphatic heterocycles. The average Bonchev–Trinajstić information content (AvgIpc) is 2.91. The maximum atomic E-state index is 12.6. The summed E-state index contributed by atoms with van der Waals surface area (Å²) in [4.78, 5) is 4.44. The highest BCUT2D eigenvalue weighted by Gasteiger charge is 2.29.